The van der Waals surface area contributed by atoms with Crippen molar-refractivity contribution in [2.24, 2.45) is 0 Å². The Morgan fingerprint density at radius 2 is 1.52 bits per heavy atom. The highest BCUT2D eigenvalue weighted by Gasteiger charge is 2.05. The predicted octanol–water partition coefficient (Wildman–Crippen LogP) is 3.17. The summed E-state index contributed by atoms with van der Waals surface area (Å²) in [4.78, 5) is 4.01. The van der Waals surface area contributed by atoms with Crippen molar-refractivity contribution in [3.8, 4) is 11.5 Å². The topological polar surface area (TPSA) is 43.4 Å². The smallest absolute Gasteiger partial charge is 0.161 e. The van der Waals surface area contributed by atoms with Gasteiger partial charge in [-0.15, -0.1) is 0 Å². The van der Waals surface area contributed by atoms with Crippen LogP contribution in [0, 0.1) is 0 Å². The molecule has 4 nitrogen and oxygen atoms in total. The summed E-state index contributed by atoms with van der Waals surface area (Å²) in [6, 6.07) is 10.1. The largest absolute Gasteiger partial charge is 0.490 e. The monoisotopic (exact) mass is 286 g/mol. The quantitative estimate of drug-likeness (QED) is 0.809. The standard InChI is InChI=1S/C17H22N2O2/c1-3-20-16-6-5-15(11-17(16)21-4-2)13-19-12-14-7-9-18-10-8-14/h5-11,19H,3-4,12-13H2,1-2H3. The van der Waals surface area contributed by atoms with Crippen LogP contribution in [0.3, 0.4) is 0 Å². The van der Waals surface area contributed by atoms with Gasteiger partial charge in [0.25, 0.3) is 0 Å². The molecule has 0 fully saturated rings. The Balaban J connectivity index is 1.95. The van der Waals surface area contributed by atoms with Crippen LogP contribution in [0.2, 0.25) is 0 Å². The van der Waals surface area contributed by atoms with E-state index in [0.29, 0.717) is 13.2 Å². The van der Waals surface area contributed by atoms with E-state index in [2.05, 4.69) is 16.4 Å². The van der Waals surface area contributed by atoms with Crippen molar-refractivity contribution >= 4 is 0 Å². The Morgan fingerprint density at radius 3 is 2.24 bits per heavy atom. The Labute approximate surface area is 126 Å². The van der Waals surface area contributed by atoms with E-state index in [0.717, 1.165) is 24.6 Å². The van der Waals surface area contributed by atoms with Crippen LogP contribution >= 0.6 is 0 Å². The lowest BCUT2D eigenvalue weighted by Gasteiger charge is -2.13. The van der Waals surface area contributed by atoms with Crippen LogP contribution in [0.4, 0.5) is 0 Å². The van der Waals surface area contributed by atoms with E-state index in [-0.39, 0.29) is 0 Å². The van der Waals surface area contributed by atoms with Crippen LogP contribution in [-0.2, 0) is 13.1 Å². The van der Waals surface area contributed by atoms with Gasteiger partial charge < -0.3 is 14.8 Å². The van der Waals surface area contributed by atoms with Crippen molar-refractivity contribution in [1.82, 2.24) is 10.3 Å². The molecule has 0 bridgehead atoms. The fraction of sp³-hybridized carbons (Fsp3) is 0.353. The molecule has 1 N–H and O–H groups in total. The highest BCUT2D eigenvalue weighted by molar-refractivity contribution is 5.43. The van der Waals surface area contributed by atoms with E-state index < -0.39 is 0 Å². The van der Waals surface area contributed by atoms with Gasteiger partial charge in [0, 0.05) is 25.5 Å². The zero-order valence-corrected chi connectivity index (χ0v) is 12.6. The molecule has 0 unspecified atom stereocenters. The minimum absolute atomic E-state index is 0.633. The summed E-state index contributed by atoms with van der Waals surface area (Å²) in [6.07, 6.45) is 3.61. The Bertz CT molecular complexity index is 544. The summed E-state index contributed by atoms with van der Waals surface area (Å²) in [5, 5.41) is 3.41. The van der Waals surface area contributed by atoms with Crippen molar-refractivity contribution in [3.63, 3.8) is 0 Å². The van der Waals surface area contributed by atoms with Crippen molar-refractivity contribution in [2.45, 2.75) is 26.9 Å². The molecule has 1 aromatic heterocycles. The fourth-order valence-corrected chi connectivity index (χ4v) is 2.06. The van der Waals surface area contributed by atoms with Crippen molar-refractivity contribution < 1.29 is 9.47 Å². The zero-order chi connectivity index (χ0) is 14.9. The zero-order valence-electron chi connectivity index (χ0n) is 12.6. The molecule has 112 valence electrons. The van der Waals surface area contributed by atoms with Gasteiger partial charge in [0.15, 0.2) is 11.5 Å². The van der Waals surface area contributed by atoms with Gasteiger partial charge in [0.2, 0.25) is 0 Å². The van der Waals surface area contributed by atoms with Crippen LogP contribution in [0.25, 0.3) is 0 Å². The van der Waals surface area contributed by atoms with Crippen LogP contribution in [0.1, 0.15) is 25.0 Å². The van der Waals surface area contributed by atoms with E-state index in [1.807, 2.05) is 38.1 Å². The van der Waals surface area contributed by atoms with Crippen molar-refractivity contribution in [1.29, 1.82) is 0 Å². The second-order valence-corrected chi connectivity index (χ2v) is 4.61. The molecule has 0 saturated heterocycles. The number of nitrogens with zero attached hydrogens (tertiary/aromatic N) is 1. The Kier molecular flexibility index (Phi) is 6.03. The first-order valence-electron chi connectivity index (χ1n) is 7.31. The fourth-order valence-electron chi connectivity index (χ4n) is 2.06. The maximum absolute atomic E-state index is 5.63. The normalized spacial score (nSPS) is 10.4. The summed E-state index contributed by atoms with van der Waals surface area (Å²) in [5.74, 6) is 1.61. The number of hydrogen-bond acceptors (Lipinski definition) is 4. The molecule has 0 radical (unpaired) electrons. The van der Waals surface area contributed by atoms with Gasteiger partial charge in [-0.1, -0.05) is 6.07 Å². The van der Waals surface area contributed by atoms with E-state index in [4.69, 9.17) is 9.47 Å². The minimum atomic E-state index is 0.633. The first kappa shape index (κ1) is 15.3. The molecule has 0 amide bonds. The van der Waals surface area contributed by atoms with E-state index in [1.54, 1.807) is 12.4 Å². The summed E-state index contributed by atoms with van der Waals surface area (Å²) < 4.78 is 11.2. The number of hydrogen-bond donors (Lipinski definition) is 1. The lowest BCUT2D eigenvalue weighted by atomic mass is 10.2. The van der Waals surface area contributed by atoms with Gasteiger partial charge in [-0.3, -0.25) is 4.98 Å². The third kappa shape index (κ3) is 4.76. The van der Waals surface area contributed by atoms with Gasteiger partial charge in [0.05, 0.1) is 13.2 Å². The first-order valence-corrected chi connectivity index (χ1v) is 7.31. The van der Waals surface area contributed by atoms with Gasteiger partial charge in [-0.25, -0.2) is 0 Å². The molecule has 0 aliphatic carbocycles. The van der Waals surface area contributed by atoms with Crippen molar-refractivity contribution in [2.75, 3.05) is 13.2 Å². The molecular formula is C17H22N2O2. The molecule has 4 heteroatoms. The maximum atomic E-state index is 5.63. The minimum Gasteiger partial charge on any atom is -0.490 e. The average Bonchev–Trinajstić information content (AvgIpc) is 2.51. The highest BCUT2D eigenvalue weighted by atomic mass is 16.5. The summed E-state index contributed by atoms with van der Waals surface area (Å²) >= 11 is 0. The third-order valence-electron chi connectivity index (χ3n) is 3.02. The van der Waals surface area contributed by atoms with Crippen LogP contribution in [-0.4, -0.2) is 18.2 Å². The molecule has 1 aromatic carbocycles. The Morgan fingerprint density at radius 1 is 0.857 bits per heavy atom. The summed E-state index contributed by atoms with van der Waals surface area (Å²) in [5.41, 5.74) is 2.40. The molecule has 2 aromatic rings. The van der Waals surface area contributed by atoms with Crippen LogP contribution in [0.15, 0.2) is 42.7 Å². The summed E-state index contributed by atoms with van der Waals surface area (Å²) in [6.45, 7) is 6.83. The first-order chi connectivity index (χ1) is 10.3. The van der Waals surface area contributed by atoms with Crippen molar-refractivity contribution in [3.05, 3.63) is 53.9 Å². The highest BCUT2D eigenvalue weighted by Crippen LogP contribution is 2.28. The molecule has 0 spiro atoms. The SMILES string of the molecule is CCOc1ccc(CNCc2ccncc2)cc1OCC. The van der Waals surface area contributed by atoms with E-state index in [1.165, 1.54) is 11.1 Å². The molecule has 2 rings (SSSR count). The van der Waals surface area contributed by atoms with Crippen LogP contribution < -0.4 is 14.8 Å². The maximum Gasteiger partial charge on any atom is 0.161 e. The van der Waals surface area contributed by atoms with Gasteiger partial charge in [-0.2, -0.15) is 0 Å². The number of pyridine rings is 1. The van der Waals surface area contributed by atoms with E-state index in [9.17, 15) is 0 Å². The number of ether oxygens (including phenoxy) is 2. The molecule has 0 saturated carbocycles. The molecular weight excluding hydrogens is 264 g/mol. The lowest BCUT2D eigenvalue weighted by molar-refractivity contribution is 0.287. The van der Waals surface area contributed by atoms with Gasteiger partial charge in [-0.05, 0) is 49.2 Å². The second kappa shape index (κ2) is 8.27. The predicted molar refractivity (Wildman–Crippen MR) is 83.6 cm³/mol. The lowest BCUT2D eigenvalue weighted by Crippen LogP contribution is -2.12. The molecule has 0 aliphatic rings. The van der Waals surface area contributed by atoms with Gasteiger partial charge >= 0.3 is 0 Å². The van der Waals surface area contributed by atoms with Crippen LogP contribution in [0.5, 0.6) is 11.5 Å². The number of rotatable bonds is 8. The number of benzene rings is 1. The second-order valence-electron chi connectivity index (χ2n) is 4.61. The summed E-state index contributed by atoms with van der Waals surface area (Å²) in [7, 11) is 0. The molecule has 0 aliphatic heterocycles. The number of aromatic nitrogens is 1. The Hall–Kier alpha value is -2.07. The molecule has 21 heavy (non-hydrogen) atoms. The number of nitrogens with one attached hydrogen (secondary N) is 1. The van der Waals surface area contributed by atoms with E-state index >= 15 is 0 Å². The molecule has 1 heterocycles. The third-order valence-corrected chi connectivity index (χ3v) is 3.02. The average molecular weight is 286 g/mol. The van der Waals surface area contributed by atoms with Gasteiger partial charge in [0.1, 0.15) is 0 Å². The molecule has 0 atom stereocenters.